The van der Waals surface area contributed by atoms with Gasteiger partial charge in [-0.3, -0.25) is 19.1 Å². The number of carbonyl (C=O) groups is 1. The quantitative estimate of drug-likeness (QED) is 0.551. The molecule has 0 aliphatic carbocycles. The smallest absolute Gasteiger partial charge is 0.330 e. The summed E-state index contributed by atoms with van der Waals surface area (Å²) in [5, 5.41) is 3.03. The second kappa shape index (κ2) is 10.7. The van der Waals surface area contributed by atoms with Gasteiger partial charge in [-0.1, -0.05) is 50.1 Å². The van der Waals surface area contributed by atoms with Crippen molar-refractivity contribution in [2.24, 2.45) is 0 Å². The molecule has 0 saturated carbocycles. The molecule has 164 valence electrons. The van der Waals surface area contributed by atoms with Crippen molar-refractivity contribution in [3.05, 3.63) is 56.2 Å². The average Bonchev–Trinajstić information content (AvgIpc) is 2.71. The van der Waals surface area contributed by atoms with Crippen LogP contribution in [0.5, 0.6) is 0 Å². The summed E-state index contributed by atoms with van der Waals surface area (Å²) in [6.45, 7) is 8.66. The first-order valence-electron chi connectivity index (χ1n) is 10.6. The van der Waals surface area contributed by atoms with Gasteiger partial charge in [-0.25, -0.2) is 4.79 Å². The van der Waals surface area contributed by atoms with Gasteiger partial charge in [-0.05, 0) is 32.3 Å². The Labute approximate surface area is 177 Å². The molecule has 0 aliphatic heterocycles. The minimum atomic E-state index is -0.578. The number of unbranched alkanes of at least 4 members (excludes halogenated alkanes) is 1. The number of likely N-dealkylation sites (N-methyl/N-ethyl adjacent to an activating group) is 1. The lowest BCUT2D eigenvalue weighted by atomic mass is 10.0. The van der Waals surface area contributed by atoms with Gasteiger partial charge in [0.15, 0.2) is 0 Å². The van der Waals surface area contributed by atoms with E-state index in [9.17, 15) is 14.4 Å². The van der Waals surface area contributed by atoms with Crippen LogP contribution in [-0.4, -0.2) is 28.5 Å². The summed E-state index contributed by atoms with van der Waals surface area (Å²) in [5.74, 6) is -0.119. The standard InChI is InChI=1S/C22H33N5O3/c1-5-8-13-27-20(23)19(21(29)25-22(27)30)26(7-3)14-18(28)24-17(6-2)16-11-9-15(4)10-12-16/h9-12,17H,5-8,13-14,23H2,1-4H3,(H,24,28)(H,25,29,30)/t17-/m1/s1. The lowest BCUT2D eigenvalue weighted by Gasteiger charge is -2.26. The molecule has 2 aromatic rings. The fraction of sp³-hybridized carbons (Fsp3) is 0.500. The van der Waals surface area contributed by atoms with Crippen molar-refractivity contribution in [3.63, 3.8) is 0 Å². The fourth-order valence-corrected chi connectivity index (χ4v) is 3.40. The van der Waals surface area contributed by atoms with Gasteiger partial charge in [0.05, 0.1) is 12.6 Å². The molecule has 1 atom stereocenters. The topological polar surface area (TPSA) is 113 Å². The van der Waals surface area contributed by atoms with E-state index in [0.29, 0.717) is 13.1 Å². The van der Waals surface area contributed by atoms with Crippen molar-refractivity contribution in [1.29, 1.82) is 0 Å². The maximum absolute atomic E-state index is 12.8. The zero-order valence-electron chi connectivity index (χ0n) is 18.3. The van der Waals surface area contributed by atoms with Crippen molar-refractivity contribution in [1.82, 2.24) is 14.9 Å². The van der Waals surface area contributed by atoms with Crippen LogP contribution in [0.2, 0.25) is 0 Å². The minimum Gasteiger partial charge on any atom is -0.383 e. The fourth-order valence-electron chi connectivity index (χ4n) is 3.40. The molecular weight excluding hydrogens is 382 g/mol. The Bertz CT molecular complexity index is 962. The Morgan fingerprint density at radius 1 is 1.20 bits per heavy atom. The predicted molar refractivity (Wildman–Crippen MR) is 121 cm³/mol. The maximum Gasteiger partial charge on any atom is 0.330 e. The molecule has 0 spiro atoms. The highest BCUT2D eigenvalue weighted by atomic mass is 16.2. The van der Waals surface area contributed by atoms with Crippen LogP contribution in [-0.2, 0) is 11.3 Å². The molecule has 0 saturated heterocycles. The van der Waals surface area contributed by atoms with Crippen LogP contribution in [0.3, 0.4) is 0 Å². The van der Waals surface area contributed by atoms with Gasteiger partial charge < -0.3 is 16.0 Å². The number of benzene rings is 1. The first-order chi connectivity index (χ1) is 14.3. The SMILES string of the molecule is CCCCn1c(N)c(N(CC)CC(=O)N[C@H](CC)c2ccc(C)cc2)c(=O)[nH]c1=O. The summed E-state index contributed by atoms with van der Waals surface area (Å²) in [4.78, 5) is 41.3. The number of nitrogens with two attached hydrogens (primary N) is 1. The number of aromatic amines is 1. The highest BCUT2D eigenvalue weighted by Crippen LogP contribution is 2.19. The number of hydrogen-bond donors (Lipinski definition) is 3. The zero-order chi connectivity index (χ0) is 22.3. The van der Waals surface area contributed by atoms with E-state index in [1.165, 1.54) is 4.57 Å². The molecule has 8 heteroatoms. The average molecular weight is 416 g/mol. The third kappa shape index (κ3) is 5.52. The van der Waals surface area contributed by atoms with Crippen molar-refractivity contribution >= 4 is 17.4 Å². The summed E-state index contributed by atoms with van der Waals surface area (Å²) in [7, 11) is 0. The lowest BCUT2D eigenvalue weighted by Crippen LogP contribution is -2.43. The van der Waals surface area contributed by atoms with Crippen molar-refractivity contribution in [3.8, 4) is 0 Å². The van der Waals surface area contributed by atoms with Gasteiger partial charge in [0.2, 0.25) is 5.91 Å². The second-order valence-electron chi connectivity index (χ2n) is 7.45. The number of hydrogen-bond acceptors (Lipinski definition) is 5. The van der Waals surface area contributed by atoms with Crippen LogP contribution in [0.15, 0.2) is 33.9 Å². The van der Waals surface area contributed by atoms with Crippen molar-refractivity contribution in [2.75, 3.05) is 23.7 Å². The second-order valence-corrected chi connectivity index (χ2v) is 7.45. The van der Waals surface area contributed by atoms with E-state index in [-0.39, 0.29) is 30.0 Å². The van der Waals surface area contributed by atoms with Gasteiger partial charge in [0.1, 0.15) is 11.5 Å². The van der Waals surface area contributed by atoms with Crippen LogP contribution in [0.25, 0.3) is 0 Å². The number of amides is 1. The van der Waals surface area contributed by atoms with E-state index in [1.807, 2.05) is 52.0 Å². The van der Waals surface area contributed by atoms with Gasteiger partial charge in [0.25, 0.3) is 5.56 Å². The van der Waals surface area contributed by atoms with E-state index in [0.717, 1.165) is 30.4 Å². The molecule has 1 heterocycles. The summed E-state index contributed by atoms with van der Waals surface area (Å²) in [5.41, 5.74) is 7.42. The Morgan fingerprint density at radius 3 is 2.43 bits per heavy atom. The molecule has 1 amide bonds. The van der Waals surface area contributed by atoms with Crippen molar-refractivity contribution < 1.29 is 4.79 Å². The monoisotopic (exact) mass is 415 g/mol. The van der Waals surface area contributed by atoms with E-state index in [4.69, 9.17) is 5.73 Å². The first kappa shape index (κ1) is 23.3. The van der Waals surface area contributed by atoms with E-state index in [2.05, 4.69) is 10.3 Å². The van der Waals surface area contributed by atoms with Crippen molar-refractivity contribution in [2.45, 2.75) is 59.5 Å². The number of carbonyl (C=O) groups excluding carboxylic acids is 1. The molecule has 0 unspecified atom stereocenters. The van der Waals surface area contributed by atoms with Crippen LogP contribution in [0, 0.1) is 6.92 Å². The van der Waals surface area contributed by atoms with Gasteiger partial charge in [-0.2, -0.15) is 0 Å². The number of anilines is 2. The third-order valence-corrected chi connectivity index (χ3v) is 5.20. The zero-order valence-corrected chi connectivity index (χ0v) is 18.3. The van der Waals surface area contributed by atoms with E-state index in [1.54, 1.807) is 4.90 Å². The molecule has 4 N–H and O–H groups in total. The van der Waals surface area contributed by atoms with Crippen LogP contribution >= 0.6 is 0 Å². The number of H-pyrrole nitrogens is 1. The van der Waals surface area contributed by atoms with Crippen LogP contribution in [0.4, 0.5) is 11.5 Å². The molecular formula is C22H33N5O3. The Hall–Kier alpha value is -3.03. The number of nitrogen functional groups attached to an aromatic ring is 1. The van der Waals surface area contributed by atoms with E-state index < -0.39 is 11.2 Å². The number of nitrogens with zero attached hydrogens (tertiary/aromatic N) is 2. The largest absolute Gasteiger partial charge is 0.383 e. The molecule has 2 rings (SSSR count). The Kier molecular flexibility index (Phi) is 8.26. The van der Waals surface area contributed by atoms with E-state index >= 15 is 0 Å². The highest BCUT2D eigenvalue weighted by Gasteiger charge is 2.21. The Morgan fingerprint density at radius 2 is 1.87 bits per heavy atom. The summed E-state index contributed by atoms with van der Waals surface area (Å²) >= 11 is 0. The summed E-state index contributed by atoms with van der Waals surface area (Å²) in [6, 6.07) is 7.93. The molecule has 0 fully saturated rings. The molecule has 0 bridgehead atoms. The normalized spacial score (nSPS) is 11.9. The van der Waals surface area contributed by atoms with Gasteiger partial charge in [0, 0.05) is 13.1 Å². The maximum atomic E-state index is 12.8. The number of aryl methyl sites for hydroxylation is 1. The number of nitrogens with one attached hydrogen (secondary N) is 2. The molecule has 1 aromatic heterocycles. The van der Waals surface area contributed by atoms with Crippen LogP contribution < -0.4 is 27.2 Å². The highest BCUT2D eigenvalue weighted by molar-refractivity contribution is 5.82. The predicted octanol–water partition coefficient (Wildman–Crippen LogP) is 2.32. The molecule has 1 aromatic carbocycles. The number of rotatable bonds is 10. The summed E-state index contributed by atoms with van der Waals surface area (Å²) in [6.07, 6.45) is 2.39. The molecule has 8 nitrogen and oxygen atoms in total. The Balaban J connectivity index is 2.23. The summed E-state index contributed by atoms with van der Waals surface area (Å²) < 4.78 is 1.36. The van der Waals surface area contributed by atoms with Crippen LogP contribution in [0.1, 0.15) is 57.2 Å². The lowest BCUT2D eigenvalue weighted by molar-refractivity contribution is -0.120. The first-order valence-corrected chi connectivity index (χ1v) is 10.6. The number of aromatic nitrogens is 2. The molecule has 30 heavy (non-hydrogen) atoms. The third-order valence-electron chi connectivity index (χ3n) is 5.20. The van der Waals surface area contributed by atoms with Gasteiger partial charge >= 0.3 is 5.69 Å². The van der Waals surface area contributed by atoms with Gasteiger partial charge in [-0.15, -0.1) is 0 Å². The molecule has 0 radical (unpaired) electrons. The molecule has 0 aliphatic rings. The minimum absolute atomic E-state index is 0.0296.